The van der Waals surface area contributed by atoms with Crippen molar-refractivity contribution in [2.45, 2.75) is 43.3 Å². The number of esters is 2. The van der Waals surface area contributed by atoms with Crippen LogP contribution in [0.5, 0.6) is 0 Å². The molecule has 0 aliphatic heterocycles. The first kappa shape index (κ1) is 20.4. The molecule has 0 spiro atoms. The number of aliphatic hydroxyl groups excluding tert-OH is 1. The van der Waals surface area contributed by atoms with Gasteiger partial charge in [-0.25, -0.2) is 0 Å². The number of halogens is 1. The van der Waals surface area contributed by atoms with Crippen LogP contribution in [0.3, 0.4) is 0 Å². The molecule has 142 valence electrons. The quantitative estimate of drug-likeness (QED) is 0.517. The highest BCUT2D eigenvalue weighted by Crippen LogP contribution is 2.36. The smallest absolute Gasteiger partial charge is 0.303 e. The van der Waals surface area contributed by atoms with Crippen LogP contribution in [0.25, 0.3) is 0 Å². The highest BCUT2D eigenvalue weighted by atomic mass is 79.9. The Labute approximate surface area is 160 Å². The molecule has 1 aliphatic rings. The second-order valence-electron chi connectivity index (χ2n) is 6.19. The van der Waals surface area contributed by atoms with Gasteiger partial charge in [0.05, 0.1) is 23.9 Å². The van der Waals surface area contributed by atoms with Gasteiger partial charge in [0.15, 0.2) is 0 Å². The summed E-state index contributed by atoms with van der Waals surface area (Å²) in [6.07, 6.45) is -1.36. The highest BCUT2D eigenvalue weighted by Gasteiger charge is 2.53. The van der Waals surface area contributed by atoms with Gasteiger partial charge in [0.1, 0.15) is 12.2 Å². The molecule has 0 bridgehead atoms. The van der Waals surface area contributed by atoms with Crippen LogP contribution in [-0.2, 0) is 30.3 Å². The fourth-order valence-corrected chi connectivity index (χ4v) is 4.10. The van der Waals surface area contributed by atoms with Crippen LogP contribution in [0.15, 0.2) is 30.3 Å². The van der Waals surface area contributed by atoms with E-state index in [-0.39, 0.29) is 18.9 Å². The topological polar surface area (TPSA) is 102 Å². The lowest BCUT2D eigenvalue weighted by Gasteiger charge is -2.25. The molecule has 0 radical (unpaired) electrons. The van der Waals surface area contributed by atoms with Gasteiger partial charge < -0.3 is 19.9 Å². The van der Waals surface area contributed by atoms with Gasteiger partial charge in [0, 0.05) is 19.8 Å². The van der Waals surface area contributed by atoms with Gasteiger partial charge >= 0.3 is 11.9 Å². The van der Waals surface area contributed by atoms with Crippen molar-refractivity contribution in [2.24, 2.45) is 5.92 Å². The van der Waals surface area contributed by atoms with Crippen LogP contribution in [0.4, 0.5) is 0 Å². The number of benzene rings is 1. The van der Waals surface area contributed by atoms with Gasteiger partial charge in [-0.05, 0) is 5.56 Å². The molecular formula is C18H22BrNO6. The number of rotatable bonds is 6. The predicted octanol–water partition coefficient (Wildman–Crippen LogP) is 0.963. The number of hydrogen-bond acceptors (Lipinski definition) is 6. The van der Waals surface area contributed by atoms with E-state index in [1.165, 1.54) is 13.8 Å². The van der Waals surface area contributed by atoms with Gasteiger partial charge in [0.25, 0.3) is 0 Å². The van der Waals surface area contributed by atoms with Crippen LogP contribution in [0.2, 0.25) is 0 Å². The summed E-state index contributed by atoms with van der Waals surface area (Å²) in [4.78, 5) is 34.7. The van der Waals surface area contributed by atoms with E-state index in [0.29, 0.717) is 0 Å². The van der Waals surface area contributed by atoms with Crippen molar-refractivity contribution >= 4 is 33.8 Å². The van der Waals surface area contributed by atoms with E-state index in [1.807, 2.05) is 30.3 Å². The number of hydrogen-bond donors (Lipinski definition) is 2. The first-order chi connectivity index (χ1) is 12.3. The van der Waals surface area contributed by atoms with Crippen LogP contribution in [-0.4, -0.2) is 52.6 Å². The predicted molar refractivity (Wildman–Crippen MR) is 96.5 cm³/mol. The summed E-state index contributed by atoms with van der Waals surface area (Å²) < 4.78 is 10.6. The van der Waals surface area contributed by atoms with Gasteiger partial charge in [0.2, 0.25) is 5.91 Å². The fourth-order valence-electron chi connectivity index (χ4n) is 3.17. The third-order valence-electron chi connectivity index (χ3n) is 4.21. The molecule has 1 aromatic rings. The molecule has 0 unspecified atom stereocenters. The number of carbonyl (C=O) groups excluding carboxylic acids is 3. The number of ether oxygens (including phenoxy) is 2. The monoisotopic (exact) mass is 427 g/mol. The minimum Gasteiger partial charge on any atom is -0.461 e. The molecule has 26 heavy (non-hydrogen) atoms. The Morgan fingerprint density at radius 1 is 1.08 bits per heavy atom. The first-order valence-electron chi connectivity index (χ1n) is 8.26. The Bertz CT molecular complexity index is 652. The van der Waals surface area contributed by atoms with Crippen molar-refractivity contribution in [1.82, 2.24) is 5.32 Å². The Balaban J connectivity index is 2.18. The normalized spacial score (nSPS) is 27.6. The molecule has 0 heterocycles. The van der Waals surface area contributed by atoms with Gasteiger partial charge in [-0.2, -0.15) is 0 Å². The van der Waals surface area contributed by atoms with E-state index in [0.717, 1.165) is 5.56 Å². The second-order valence-corrected chi connectivity index (χ2v) is 7.25. The Morgan fingerprint density at radius 3 is 2.19 bits per heavy atom. The van der Waals surface area contributed by atoms with E-state index in [4.69, 9.17) is 9.47 Å². The zero-order valence-corrected chi connectivity index (χ0v) is 16.1. The highest BCUT2D eigenvalue weighted by molar-refractivity contribution is 9.09. The molecule has 2 rings (SSSR count). The zero-order chi connectivity index (χ0) is 19.3. The SMILES string of the molecule is CC(=O)O[C@@H]1[C@@H](Br)[C@H](OC(C)=O)[C@@H](CO)[C@@H]1NC(=O)Cc1ccccc1. The molecule has 8 heteroatoms. The van der Waals surface area contributed by atoms with Crippen LogP contribution >= 0.6 is 15.9 Å². The number of carbonyl (C=O) groups is 3. The van der Waals surface area contributed by atoms with E-state index < -0.39 is 40.9 Å². The van der Waals surface area contributed by atoms with Gasteiger partial charge in [-0.3, -0.25) is 14.4 Å². The lowest BCUT2D eigenvalue weighted by molar-refractivity contribution is -0.149. The van der Waals surface area contributed by atoms with E-state index in [1.54, 1.807) is 0 Å². The molecule has 1 saturated carbocycles. The molecule has 0 saturated heterocycles. The van der Waals surface area contributed by atoms with Crippen molar-refractivity contribution < 1.29 is 29.0 Å². The summed E-state index contributed by atoms with van der Waals surface area (Å²) >= 11 is 3.39. The molecular weight excluding hydrogens is 406 g/mol. The zero-order valence-electron chi connectivity index (χ0n) is 14.6. The van der Waals surface area contributed by atoms with Gasteiger partial charge in [-0.1, -0.05) is 46.3 Å². The third kappa shape index (κ3) is 5.04. The van der Waals surface area contributed by atoms with Crippen LogP contribution in [0.1, 0.15) is 19.4 Å². The number of alkyl halides is 1. The largest absolute Gasteiger partial charge is 0.461 e. The van der Waals surface area contributed by atoms with Gasteiger partial charge in [-0.15, -0.1) is 0 Å². The Kier molecular flexibility index (Phi) is 7.16. The lowest BCUT2D eigenvalue weighted by Crippen LogP contribution is -2.48. The average Bonchev–Trinajstić information content (AvgIpc) is 2.79. The number of nitrogens with one attached hydrogen (secondary N) is 1. The molecule has 0 aromatic heterocycles. The summed E-state index contributed by atoms with van der Waals surface area (Å²) in [5, 5.41) is 12.6. The summed E-state index contributed by atoms with van der Waals surface area (Å²) in [7, 11) is 0. The summed E-state index contributed by atoms with van der Waals surface area (Å²) in [6.45, 7) is 2.18. The number of aliphatic hydroxyl groups is 1. The maximum Gasteiger partial charge on any atom is 0.303 e. The number of amides is 1. The first-order valence-corrected chi connectivity index (χ1v) is 9.17. The van der Waals surface area contributed by atoms with Crippen molar-refractivity contribution in [2.75, 3.05) is 6.61 Å². The van der Waals surface area contributed by atoms with E-state index >= 15 is 0 Å². The fraction of sp³-hybridized carbons (Fsp3) is 0.500. The summed E-state index contributed by atoms with van der Waals surface area (Å²) in [6, 6.07) is 8.50. The summed E-state index contributed by atoms with van der Waals surface area (Å²) in [5.74, 6) is -1.93. The minimum absolute atomic E-state index is 0.146. The van der Waals surface area contributed by atoms with Crippen LogP contribution in [0, 0.1) is 5.92 Å². The average molecular weight is 428 g/mol. The van der Waals surface area contributed by atoms with Crippen molar-refractivity contribution in [3.63, 3.8) is 0 Å². The molecule has 2 N–H and O–H groups in total. The van der Waals surface area contributed by atoms with Crippen LogP contribution < -0.4 is 5.32 Å². The lowest BCUT2D eigenvalue weighted by atomic mass is 10.0. The van der Waals surface area contributed by atoms with E-state index in [9.17, 15) is 19.5 Å². The second kappa shape index (κ2) is 9.14. The van der Waals surface area contributed by atoms with E-state index in [2.05, 4.69) is 21.2 Å². The summed E-state index contributed by atoms with van der Waals surface area (Å²) in [5.41, 5.74) is 0.833. The molecule has 5 atom stereocenters. The maximum atomic E-state index is 12.4. The molecule has 1 aromatic carbocycles. The van der Waals surface area contributed by atoms with Crippen molar-refractivity contribution in [3.8, 4) is 0 Å². The maximum absolute atomic E-state index is 12.4. The van der Waals surface area contributed by atoms with Crippen molar-refractivity contribution in [1.29, 1.82) is 0 Å². The standard InChI is InChI=1S/C18H22BrNO6/c1-10(22)25-17-13(9-21)16(18(15(17)19)26-11(2)23)20-14(24)8-12-6-4-3-5-7-12/h3-7,13,15-18,21H,8-9H2,1-2H3,(H,20,24)/t13-,15-,16-,17+,18+/m0/s1. The molecule has 1 fully saturated rings. The Morgan fingerprint density at radius 2 is 1.65 bits per heavy atom. The minimum atomic E-state index is -0.770. The Hall–Kier alpha value is -1.93. The molecule has 1 amide bonds. The molecule has 7 nitrogen and oxygen atoms in total. The molecule has 1 aliphatic carbocycles. The third-order valence-corrected chi connectivity index (χ3v) is 5.26. The van der Waals surface area contributed by atoms with Crippen molar-refractivity contribution in [3.05, 3.63) is 35.9 Å².